The first-order valence-electron chi connectivity index (χ1n) is 10.7. The molecule has 0 saturated heterocycles. The first-order chi connectivity index (χ1) is 16.0. The van der Waals surface area contributed by atoms with Crippen LogP contribution in [0.25, 0.3) is 11.1 Å². The molecule has 1 aromatic heterocycles. The van der Waals surface area contributed by atoms with Crippen LogP contribution in [-0.2, 0) is 19.4 Å². The normalized spacial score (nSPS) is 10.9. The van der Waals surface area contributed by atoms with Crippen molar-refractivity contribution in [1.82, 2.24) is 9.78 Å². The van der Waals surface area contributed by atoms with Crippen LogP contribution in [0.3, 0.4) is 0 Å². The van der Waals surface area contributed by atoms with Crippen molar-refractivity contribution in [3.05, 3.63) is 116 Å². The van der Waals surface area contributed by atoms with Gasteiger partial charge in [0, 0.05) is 21.7 Å². The Labute approximate surface area is 197 Å². The standard InChI is InChI=1S/C27H24ClFN2O2/c1-18-26(23-11-3-4-12-25(23)33-2)24(14-13-19-7-6-10-22(29)16-19)27(32)31(30-18)17-20-8-5-9-21(28)15-20/h3-12,15-16H,13-14,17H2,1-2H3. The Morgan fingerprint density at radius 2 is 1.73 bits per heavy atom. The molecule has 1 heterocycles. The van der Waals surface area contributed by atoms with Crippen molar-refractivity contribution in [1.29, 1.82) is 0 Å². The SMILES string of the molecule is COc1ccccc1-c1c(C)nn(Cc2cccc(Cl)c2)c(=O)c1CCc1cccc(F)c1. The molecule has 168 valence electrons. The van der Waals surface area contributed by atoms with E-state index >= 15 is 0 Å². The third kappa shape index (κ3) is 5.15. The fraction of sp³-hybridized carbons (Fsp3) is 0.185. The molecule has 4 nitrogen and oxygen atoms in total. The third-order valence-corrected chi connectivity index (χ3v) is 5.81. The van der Waals surface area contributed by atoms with E-state index in [4.69, 9.17) is 16.3 Å². The van der Waals surface area contributed by atoms with Gasteiger partial charge in [0.15, 0.2) is 0 Å². The zero-order valence-electron chi connectivity index (χ0n) is 18.5. The second-order valence-corrected chi connectivity index (χ2v) is 8.30. The van der Waals surface area contributed by atoms with Crippen molar-refractivity contribution in [3.63, 3.8) is 0 Å². The van der Waals surface area contributed by atoms with E-state index < -0.39 is 0 Å². The number of hydrogen-bond acceptors (Lipinski definition) is 3. The number of benzene rings is 3. The predicted molar refractivity (Wildman–Crippen MR) is 130 cm³/mol. The Morgan fingerprint density at radius 1 is 0.970 bits per heavy atom. The highest BCUT2D eigenvalue weighted by Gasteiger charge is 2.19. The minimum Gasteiger partial charge on any atom is -0.496 e. The number of aromatic nitrogens is 2. The maximum atomic E-state index is 13.7. The number of nitrogens with zero attached hydrogens (tertiary/aromatic N) is 2. The Morgan fingerprint density at radius 3 is 2.48 bits per heavy atom. The molecule has 0 aliphatic rings. The van der Waals surface area contributed by atoms with Gasteiger partial charge in [-0.3, -0.25) is 4.79 Å². The number of halogens is 2. The molecule has 0 amide bonds. The van der Waals surface area contributed by atoms with E-state index in [-0.39, 0.29) is 11.4 Å². The minimum absolute atomic E-state index is 0.183. The van der Waals surface area contributed by atoms with Crippen molar-refractivity contribution in [2.45, 2.75) is 26.3 Å². The van der Waals surface area contributed by atoms with Crippen LogP contribution in [-0.4, -0.2) is 16.9 Å². The van der Waals surface area contributed by atoms with E-state index in [1.165, 1.54) is 16.8 Å². The maximum absolute atomic E-state index is 13.7. The lowest BCUT2D eigenvalue weighted by Gasteiger charge is -2.17. The van der Waals surface area contributed by atoms with Crippen LogP contribution in [0, 0.1) is 12.7 Å². The van der Waals surface area contributed by atoms with Gasteiger partial charge in [-0.1, -0.05) is 54.1 Å². The molecule has 0 aliphatic carbocycles. The lowest BCUT2D eigenvalue weighted by atomic mass is 9.94. The number of ether oxygens (including phenoxy) is 1. The molecule has 0 bridgehead atoms. The Kier molecular flexibility index (Phi) is 6.90. The molecule has 0 spiro atoms. The van der Waals surface area contributed by atoms with Crippen LogP contribution < -0.4 is 10.3 Å². The monoisotopic (exact) mass is 462 g/mol. The Balaban J connectivity index is 1.83. The zero-order chi connectivity index (χ0) is 23.4. The highest BCUT2D eigenvalue weighted by atomic mass is 35.5. The molecule has 0 saturated carbocycles. The second kappa shape index (κ2) is 10.0. The fourth-order valence-electron chi connectivity index (χ4n) is 4.08. The van der Waals surface area contributed by atoms with Gasteiger partial charge in [-0.2, -0.15) is 5.10 Å². The summed E-state index contributed by atoms with van der Waals surface area (Å²) in [6.45, 7) is 2.20. The molecule has 0 fully saturated rings. The summed E-state index contributed by atoms with van der Waals surface area (Å²) < 4.78 is 20.8. The first-order valence-corrected chi connectivity index (χ1v) is 11.1. The average molecular weight is 463 g/mol. The van der Waals surface area contributed by atoms with E-state index in [9.17, 15) is 9.18 Å². The molecule has 3 aromatic carbocycles. The summed E-state index contributed by atoms with van der Waals surface area (Å²) in [5.74, 6) is 0.378. The lowest BCUT2D eigenvalue weighted by molar-refractivity contribution is 0.416. The van der Waals surface area contributed by atoms with Crippen molar-refractivity contribution in [2.75, 3.05) is 7.11 Å². The highest BCUT2D eigenvalue weighted by molar-refractivity contribution is 6.30. The summed E-state index contributed by atoms with van der Waals surface area (Å²) in [5.41, 5.74) is 4.45. The largest absolute Gasteiger partial charge is 0.496 e. The molecule has 4 rings (SSSR count). The number of aryl methyl sites for hydroxylation is 2. The van der Waals surface area contributed by atoms with Gasteiger partial charge in [-0.05, 0) is 61.2 Å². The van der Waals surface area contributed by atoms with Crippen LogP contribution in [0.5, 0.6) is 5.75 Å². The summed E-state index contributed by atoms with van der Waals surface area (Å²) in [7, 11) is 1.61. The molecular formula is C27H24ClFN2O2. The Bertz CT molecular complexity index is 1350. The van der Waals surface area contributed by atoms with Gasteiger partial charge in [-0.15, -0.1) is 0 Å². The number of rotatable bonds is 7. The molecule has 0 radical (unpaired) electrons. The first kappa shape index (κ1) is 22.7. The quantitative estimate of drug-likeness (QED) is 0.346. The second-order valence-electron chi connectivity index (χ2n) is 7.86. The van der Waals surface area contributed by atoms with E-state index in [2.05, 4.69) is 5.10 Å². The summed E-state index contributed by atoms with van der Waals surface area (Å²) in [6.07, 6.45) is 0.963. The third-order valence-electron chi connectivity index (χ3n) is 5.58. The van der Waals surface area contributed by atoms with Gasteiger partial charge in [0.05, 0.1) is 19.3 Å². The van der Waals surface area contributed by atoms with Crippen LogP contribution in [0.4, 0.5) is 4.39 Å². The van der Waals surface area contributed by atoms with Crippen LogP contribution >= 0.6 is 11.6 Å². The number of hydrogen-bond donors (Lipinski definition) is 0. The van der Waals surface area contributed by atoms with Crippen LogP contribution in [0.1, 0.15) is 22.4 Å². The van der Waals surface area contributed by atoms with Crippen molar-refractivity contribution in [2.24, 2.45) is 0 Å². The van der Waals surface area contributed by atoms with Crippen molar-refractivity contribution >= 4 is 11.6 Å². The lowest BCUT2D eigenvalue weighted by Crippen LogP contribution is -2.29. The summed E-state index contributed by atoms with van der Waals surface area (Å²) in [6, 6.07) is 21.4. The molecule has 6 heteroatoms. The van der Waals surface area contributed by atoms with E-state index in [1.54, 1.807) is 19.2 Å². The van der Waals surface area contributed by atoms with Gasteiger partial charge in [-0.25, -0.2) is 9.07 Å². The van der Waals surface area contributed by atoms with Gasteiger partial charge in [0.1, 0.15) is 11.6 Å². The Hall–Kier alpha value is -3.44. The van der Waals surface area contributed by atoms with Crippen LogP contribution in [0.2, 0.25) is 5.02 Å². The number of methoxy groups -OCH3 is 1. The van der Waals surface area contributed by atoms with Gasteiger partial charge < -0.3 is 4.74 Å². The summed E-state index contributed by atoms with van der Waals surface area (Å²) in [4.78, 5) is 13.6. The van der Waals surface area contributed by atoms with E-state index in [0.29, 0.717) is 35.7 Å². The van der Waals surface area contributed by atoms with Gasteiger partial charge in [0.25, 0.3) is 5.56 Å². The minimum atomic E-state index is -0.290. The van der Waals surface area contributed by atoms with Crippen molar-refractivity contribution < 1.29 is 9.13 Å². The van der Waals surface area contributed by atoms with Crippen molar-refractivity contribution in [3.8, 4) is 16.9 Å². The summed E-state index contributed by atoms with van der Waals surface area (Å²) >= 11 is 6.13. The smallest absolute Gasteiger partial charge is 0.270 e. The molecule has 0 N–H and O–H groups in total. The zero-order valence-corrected chi connectivity index (χ0v) is 19.3. The fourth-order valence-corrected chi connectivity index (χ4v) is 4.29. The van der Waals surface area contributed by atoms with Gasteiger partial charge >= 0.3 is 0 Å². The molecule has 0 aliphatic heterocycles. The van der Waals surface area contributed by atoms with Gasteiger partial charge in [0.2, 0.25) is 0 Å². The maximum Gasteiger partial charge on any atom is 0.270 e. The predicted octanol–water partition coefficient (Wildman–Crippen LogP) is 5.85. The number of para-hydroxylation sites is 1. The summed E-state index contributed by atoms with van der Waals surface area (Å²) in [5, 5.41) is 5.23. The highest BCUT2D eigenvalue weighted by Crippen LogP contribution is 2.33. The van der Waals surface area contributed by atoms with Crippen LogP contribution in [0.15, 0.2) is 77.6 Å². The molecule has 0 atom stereocenters. The van der Waals surface area contributed by atoms with E-state index in [1.807, 2.05) is 55.5 Å². The van der Waals surface area contributed by atoms with E-state index in [0.717, 1.165) is 27.9 Å². The molecule has 33 heavy (non-hydrogen) atoms. The molecular weight excluding hydrogens is 439 g/mol. The molecule has 0 unspecified atom stereocenters. The average Bonchev–Trinajstić information content (AvgIpc) is 2.80. The topological polar surface area (TPSA) is 44.1 Å². The molecule has 4 aromatic rings.